The number of aromatic amines is 1. The van der Waals surface area contributed by atoms with Gasteiger partial charge in [0.25, 0.3) is 5.91 Å². The van der Waals surface area contributed by atoms with Gasteiger partial charge in [0.1, 0.15) is 5.69 Å². The molecule has 9 heteroatoms. The molecular formula is C22H28N2O7. The van der Waals surface area contributed by atoms with E-state index in [1.165, 1.54) is 0 Å². The summed E-state index contributed by atoms with van der Waals surface area (Å²) >= 11 is 0. The number of ether oxygens (including phenoxy) is 4. The third kappa shape index (κ3) is 6.00. The van der Waals surface area contributed by atoms with E-state index < -0.39 is 24.5 Å². The van der Waals surface area contributed by atoms with Gasteiger partial charge in [0.2, 0.25) is 0 Å². The molecule has 168 valence electrons. The van der Waals surface area contributed by atoms with Gasteiger partial charge < -0.3 is 29.2 Å². The van der Waals surface area contributed by atoms with Crippen molar-refractivity contribution in [3.05, 3.63) is 46.3 Å². The third-order valence-corrected chi connectivity index (χ3v) is 4.64. The highest BCUT2D eigenvalue weighted by Gasteiger charge is 2.24. The number of carbonyl (C=O) groups is 3. The maximum Gasteiger partial charge on any atom is 0.355 e. The molecule has 9 nitrogen and oxygen atoms in total. The molecule has 0 spiro atoms. The van der Waals surface area contributed by atoms with Crippen LogP contribution in [0.1, 0.15) is 44.6 Å². The van der Waals surface area contributed by atoms with Crippen molar-refractivity contribution in [2.45, 2.75) is 27.2 Å². The fourth-order valence-electron chi connectivity index (χ4n) is 3.10. The lowest BCUT2D eigenvalue weighted by Crippen LogP contribution is -2.30. The Hall–Kier alpha value is -3.49. The molecule has 31 heavy (non-hydrogen) atoms. The van der Waals surface area contributed by atoms with Crippen LogP contribution in [-0.2, 0) is 20.7 Å². The van der Waals surface area contributed by atoms with Gasteiger partial charge in [0.05, 0.1) is 26.4 Å². The molecule has 1 heterocycles. The summed E-state index contributed by atoms with van der Waals surface area (Å²) in [5.41, 5.74) is 2.28. The van der Waals surface area contributed by atoms with Crippen LogP contribution in [0.3, 0.4) is 0 Å². The Bertz CT molecular complexity index is 950. The minimum Gasteiger partial charge on any atom is -0.493 e. The number of H-pyrrole nitrogens is 1. The highest BCUT2D eigenvalue weighted by Crippen LogP contribution is 2.27. The average Bonchev–Trinajstić information content (AvgIpc) is 3.06. The first-order valence-electron chi connectivity index (χ1n) is 9.83. The van der Waals surface area contributed by atoms with Gasteiger partial charge in [-0.15, -0.1) is 0 Å². The molecule has 0 radical (unpaired) electrons. The van der Waals surface area contributed by atoms with Crippen molar-refractivity contribution < 1.29 is 33.3 Å². The monoisotopic (exact) mass is 432 g/mol. The zero-order valence-electron chi connectivity index (χ0n) is 18.4. The molecule has 0 saturated heterocycles. The lowest BCUT2D eigenvalue weighted by atomic mass is 10.1. The summed E-state index contributed by atoms with van der Waals surface area (Å²) in [6.45, 7) is 5.12. The quantitative estimate of drug-likeness (QED) is 0.554. The third-order valence-electron chi connectivity index (χ3n) is 4.64. The molecule has 0 bridgehead atoms. The average molecular weight is 432 g/mol. The molecule has 0 atom stereocenters. The Kier molecular flexibility index (Phi) is 8.48. The van der Waals surface area contributed by atoms with E-state index >= 15 is 0 Å². The normalized spacial score (nSPS) is 10.4. The number of amides is 1. The van der Waals surface area contributed by atoms with E-state index in [1.807, 2.05) is 12.1 Å². The number of benzene rings is 1. The molecule has 1 aromatic carbocycles. The fourth-order valence-corrected chi connectivity index (χ4v) is 3.10. The number of esters is 2. The molecule has 0 fully saturated rings. The van der Waals surface area contributed by atoms with E-state index in [1.54, 1.807) is 41.1 Å². The van der Waals surface area contributed by atoms with Gasteiger partial charge in [-0.3, -0.25) is 4.79 Å². The number of hydrogen-bond acceptors (Lipinski definition) is 7. The van der Waals surface area contributed by atoms with Crippen molar-refractivity contribution in [3.8, 4) is 11.5 Å². The van der Waals surface area contributed by atoms with Gasteiger partial charge in [0, 0.05) is 12.2 Å². The molecule has 0 unspecified atom stereocenters. The van der Waals surface area contributed by atoms with Crippen LogP contribution in [0, 0.1) is 13.8 Å². The number of methoxy groups -OCH3 is 2. The van der Waals surface area contributed by atoms with Gasteiger partial charge in [0.15, 0.2) is 18.1 Å². The van der Waals surface area contributed by atoms with Crippen LogP contribution in [0.15, 0.2) is 18.2 Å². The van der Waals surface area contributed by atoms with Crippen LogP contribution >= 0.6 is 0 Å². The SMILES string of the molecule is CCOC(=O)c1[nH]c(C)c(C(=O)OCC(=O)NCCc2ccc(OC)c(OC)c2)c1C. The van der Waals surface area contributed by atoms with Gasteiger partial charge in [-0.1, -0.05) is 6.07 Å². The molecule has 0 saturated carbocycles. The van der Waals surface area contributed by atoms with E-state index in [9.17, 15) is 14.4 Å². The summed E-state index contributed by atoms with van der Waals surface area (Å²) in [5, 5.41) is 2.70. The number of carbonyl (C=O) groups excluding carboxylic acids is 3. The Morgan fingerprint density at radius 2 is 1.71 bits per heavy atom. The zero-order chi connectivity index (χ0) is 23.0. The van der Waals surface area contributed by atoms with E-state index in [0.717, 1.165) is 5.56 Å². The van der Waals surface area contributed by atoms with Crippen LogP contribution in [0.5, 0.6) is 11.5 Å². The Labute approximate surface area is 181 Å². The number of hydrogen-bond donors (Lipinski definition) is 2. The number of aromatic nitrogens is 1. The van der Waals surface area contributed by atoms with E-state index in [4.69, 9.17) is 18.9 Å². The molecule has 1 amide bonds. The fraction of sp³-hybridized carbons (Fsp3) is 0.409. The van der Waals surface area contributed by atoms with E-state index in [2.05, 4.69) is 10.3 Å². The highest BCUT2D eigenvalue weighted by molar-refractivity contribution is 5.99. The second-order valence-corrected chi connectivity index (χ2v) is 6.71. The van der Waals surface area contributed by atoms with Crippen molar-refractivity contribution >= 4 is 17.8 Å². The molecule has 0 aliphatic heterocycles. The molecule has 1 aromatic heterocycles. The summed E-state index contributed by atoms with van der Waals surface area (Å²) in [5.74, 6) is -0.416. The van der Waals surface area contributed by atoms with Crippen molar-refractivity contribution in [1.82, 2.24) is 10.3 Å². The van der Waals surface area contributed by atoms with Gasteiger partial charge in [-0.2, -0.15) is 0 Å². The first kappa shape index (κ1) is 23.8. The van der Waals surface area contributed by atoms with Gasteiger partial charge in [-0.05, 0) is 50.5 Å². The summed E-state index contributed by atoms with van der Waals surface area (Å²) in [6, 6.07) is 5.51. The largest absolute Gasteiger partial charge is 0.493 e. The van der Waals surface area contributed by atoms with Crippen LogP contribution < -0.4 is 14.8 Å². The molecule has 0 aliphatic carbocycles. The van der Waals surface area contributed by atoms with Gasteiger partial charge >= 0.3 is 11.9 Å². The summed E-state index contributed by atoms with van der Waals surface area (Å²) < 4.78 is 20.5. The lowest BCUT2D eigenvalue weighted by Gasteiger charge is -2.10. The minimum absolute atomic E-state index is 0.200. The first-order chi connectivity index (χ1) is 14.8. The predicted octanol–water partition coefficient (Wildman–Crippen LogP) is 2.34. The standard InChI is InChI=1S/C22H28N2O7/c1-6-30-22(27)20-13(2)19(14(3)24-20)21(26)31-12-18(25)23-10-9-15-7-8-16(28-4)17(11-15)29-5/h7-8,11,24H,6,9-10,12H2,1-5H3,(H,23,25). The molecular weight excluding hydrogens is 404 g/mol. The van der Waals surface area contributed by atoms with Crippen LogP contribution in [-0.4, -0.2) is 56.8 Å². The molecule has 0 aliphatic rings. The van der Waals surface area contributed by atoms with E-state index in [-0.39, 0.29) is 17.9 Å². The molecule has 2 aromatic rings. The first-order valence-corrected chi connectivity index (χ1v) is 9.83. The maximum atomic E-state index is 12.4. The van der Waals surface area contributed by atoms with Crippen LogP contribution in [0.4, 0.5) is 0 Å². The summed E-state index contributed by atoms with van der Waals surface area (Å²) in [6.07, 6.45) is 0.568. The van der Waals surface area contributed by atoms with Crippen molar-refractivity contribution in [2.24, 2.45) is 0 Å². The summed E-state index contributed by atoms with van der Waals surface area (Å²) in [4.78, 5) is 39.2. The molecule has 2 rings (SSSR count). The lowest BCUT2D eigenvalue weighted by molar-refractivity contribution is -0.124. The second-order valence-electron chi connectivity index (χ2n) is 6.71. The van der Waals surface area contributed by atoms with Crippen molar-refractivity contribution in [3.63, 3.8) is 0 Å². The highest BCUT2D eigenvalue weighted by atomic mass is 16.5. The minimum atomic E-state index is -0.683. The van der Waals surface area contributed by atoms with Gasteiger partial charge in [-0.25, -0.2) is 9.59 Å². The predicted molar refractivity (Wildman–Crippen MR) is 113 cm³/mol. The number of rotatable bonds is 10. The number of nitrogens with one attached hydrogen (secondary N) is 2. The van der Waals surface area contributed by atoms with Crippen LogP contribution in [0.25, 0.3) is 0 Å². The Morgan fingerprint density at radius 3 is 2.35 bits per heavy atom. The van der Waals surface area contributed by atoms with Crippen molar-refractivity contribution in [2.75, 3.05) is 34.0 Å². The zero-order valence-corrected chi connectivity index (χ0v) is 18.4. The van der Waals surface area contributed by atoms with Crippen molar-refractivity contribution in [1.29, 1.82) is 0 Å². The Balaban J connectivity index is 1.86. The van der Waals surface area contributed by atoms with Crippen LogP contribution in [0.2, 0.25) is 0 Å². The Morgan fingerprint density at radius 1 is 1.00 bits per heavy atom. The second kappa shape index (κ2) is 11.1. The number of aryl methyl sites for hydroxylation is 1. The smallest absolute Gasteiger partial charge is 0.355 e. The maximum absolute atomic E-state index is 12.4. The van der Waals surface area contributed by atoms with E-state index in [0.29, 0.717) is 35.7 Å². The molecule has 2 N–H and O–H groups in total. The summed E-state index contributed by atoms with van der Waals surface area (Å²) in [7, 11) is 3.12. The topological polar surface area (TPSA) is 116 Å².